The summed E-state index contributed by atoms with van der Waals surface area (Å²) in [5.74, 6) is 3.54. The fraction of sp³-hybridized carbons (Fsp3) is 0.0286. The Bertz CT molecular complexity index is 4190. The summed E-state index contributed by atoms with van der Waals surface area (Å²) in [6.07, 6.45) is 0. The molecule has 2 aliphatic heterocycles. The van der Waals surface area contributed by atoms with Gasteiger partial charge in [-0.1, -0.05) is 176 Å². The molecule has 0 unspecified atom stereocenters. The quantitative estimate of drug-likeness (QED) is 0.176. The van der Waals surface area contributed by atoms with E-state index in [-0.39, 0.29) is 0 Å². The van der Waals surface area contributed by atoms with Gasteiger partial charge in [0.2, 0.25) is 0 Å². The van der Waals surface area contributed by atoms with E-state index in [2.05, 4.69) is 266 Å². The third-order valence-electron chi connectivity index (χ3n) is 16.3. The van der Waals surface area contributed by atoms with Crippen molar-refractivity contribution in [3.05, 3.63) is 305 Å². The molecule has 73 heavy (non-hydrogen) atoms. The van der Waals surface area contributed by atoms with Gasteiger partial charge in [0, 0.05) is 39.3 Å². The molecule has 3 heteroatoms. The number of rotatable bonds is 4. The highest BCUT2D eigenvalue weighted by Gasteiger charge is 2.53. The molecular weight excluding hydrogens is 887 g/mol. The van der Waals surface area contributed by atoms with Crippen LogP contribution in [0.3, 0.4) is 0 Å². The lowest BCUT2D eigenvalue weighted by Crippen LogP contribution is -2.32. The van der Waals surface area contributed by atoms with E-state index in [0.29, 0.717) is 0 Å². The first kappa shape index (κ1) is 40.3. The van der Waals surface area contributed by atoms with Gasteiger partial charge in [0.25, 0.3) is 0 Å². The summed E-state index contributed by atoms with van der Waals surface area (Å²) in [6.45, 7) is 0. The van der Waals surface area contributed by atoms with E-state index in [1.54, 1.807) is 0 Å². The van der Waals surface area contributed by atoms with Crippen molar-refractivity contribution in [1.82, 2.24) is 0 Å². The van der Waals surface area contributed by atoms with Crippen LogP contribution in [0.1, 0.15) is 44.5 Å². The molecule has 12 aromatic rings. The molecule has 0 atom stereocenters. The van der Waals surface area contributed by atoms with Crippen LogP contribution < -0.4 is 14.4 Å². The van der Waals surface area contributed by atoms with Crippen LogP contribution in [0.15, 0.2) is 261 Å². The Morgan fingerprint density at radius 2 is 0.630 bits per heavy atom. The fourth-order valence-electron chi connectivity index (χ4n) is 13.3. The highest BCUT2D eigenvalue weighted by molar-refractivity contribution is 6.02. The van der Waals surface area contributed by atoms with E-state index >= 15 is 0 Å². The largest absolute Gasteiger partial charge is 0.457 e. The van der Waals surface area contributed by atoms with Gasteiger partial charge in [0.05, 0.1) is 10.8 Å². The van der Waals surface area contributed by atoms with Crippen LogP contribution in [0.4, 0.5) is 17.1 Å². The summed E-state index contributed by atoms with van der Waals surface area (Å²) in [5, 5.41) is 4.81. The third kappa shape index (κ3) is 5.48. The second kappa shape index (κ2) is 15.0. The van der Waals surface area contributed by atoms with Crippen LogP contribution >= 0.6 is 0 Å². The maximum atomic E-state index is 6.77. The second-order valence-electron chi connectivity index (χ2n) is 19.9. The molecule has 2 spiro atoms. The monoisotopic (exact) mass is 929 g/mol. The van der Waals surface area contributed by atoms with Gasteiger partial charge >= 0.3 is 0 Å². The summed E-state index contributed by atoms with van der Waals surface area (Å²) in [4.78, 5) is 2.45. The van der Waals surface area contributed by atoms with E-state index in [9.17, 15) is 0 Å². The molecule has 0 radical (unpaired) electrons. The molecule has 0 amide bonds. The Morgan fingerprint density at radius 3 is 1.23 bits per heavy atom. The minimum absolute atomic E-state index is 0.607. The van der Waals surface area contributed by atoms with Crippen molar-refractivity contribution < 1.29 is 9.47 Å². The van der Waals surface area contributed by atoms with Crippen molar-refractivity contribution in [2.45, 2.75) is 10.8 Å². The molecule has 0 N–H and O–H groups in total. The van der Waals surface area contributed by atoms with E-state index in [4.69, 9.17) is 9.47 Å². The maximum absolute atomic E-state index is 6.77. The number of ether oxygens (including phenoxy) is 2. The summed E-state index contributed by atoms with van der Waals surface area (Å²) in [7, 11) is 0. The van der Waals surface area contributed by atoms with Gasteiger partial charge in [-0.25, -0.2) is 0 Å². The summed E-state index contributed by atoms with van der Waals surface area (Å²) < 4.78 is 13.5. The number of nitrogens with zero attached hydrogens (tertiary/aromatic N) is 1. The van der Waals surface area contributed by atoms with E-state index in [1.165, 1.54) is 71.8 Å². The third-order valence-corrected chi connectivity index (χ3v) is 16.3. The van der Waals surface area contributed by atoms with Crippen LogP contribution in [-0.4, -0.2) is 0 Å². The highest BCUT2D eigenvalue weighted by atomic mass is 16.5. The first-order valence-corrected chi connectivity index (χ1v) is 25.2. The molecule has 2 heterocycles. The molecule has 0 saturated carbocycles. The topological polar surface area (TPSA) is 21.7 Å². The molecule has 3 nitrogen and oxygen atoms in total. The standard InChI is InChI=1S/C70H43NO2/c1-2-16-44(17-3-1)45-30-33-50(34-31-45)71(52-36-37-54-53-20-6-7-21-57(53)69(64(54)43-52)58-22-8-12-26-65(58)72-66-27-13-9-23-59(66)69)51-35-32-48-40-56-55-39-46-18-4-5-19-47(46)41-62(55)70(63(56)42-49(48)38-51)60-24-10-14-28-67(60)73-68-29-15-11-25-61(68)70/h1-43H. The second-order valence-corrected chi connectivity index (χ2v) is 19.9. The van der Waals surface area contributed by atoms with Gasteiger partial charge in [-0.2, -0.15) is 0 Å². The number of para-hydroxylation sites is 4. The number of fused-ring (bicyclic) bond motifs is 20. The predicted octanol–water partition coefficient (Wildman–Crippen LogP) is 18.1. The molecule has 12 aromatic carbocycles. The Hall–Kier alpha value is -9.44. The number of hydrogen-bond donors (Lipinski definition) is 0. The normalized spacial score (nSPS) is 14.2. The van der Waals surface area contributed by atoms with Gasteiger partial charge in [0.1, 0.15) is 23.0 Å². The number of benzene rings is 12. The average Bonchev–Trinajstić information content (AvgIpc) is 3.89. The van der Waals surface area contributed by atoms with Crippen molar-refractivity contribution in [1.29, 1.82) is 0 Å². The van der Waals surface area contributed by atoms with Gasteiger partial charge in [-0.3, -0.25) is 0 Å². The van der Waals surface area contributed by atoms with Crippen molar-refractivity contribution in [3.63, 3.8) is 0 Å². The molecule has 16 rings (SSSR count). The SMILES string of the molecule is c1ccc(-c2ccc(N(c3ccc4c(c3)C3(c5ccccc5Oc5ccccc53)c3ccccc3-4)c3ccc4cc5c(cc4c3)C3(c4ccccc4Oc4ccccc43)c3cc4ccccc4cc3-5)cc2)cc1. The van der Waals surface area contributed by atoms with Gasteiger partial charge in [-0.05, 0) is 162 Å². The van der Waals surface area contributed by atoms with E-state index in [0.717, 1.165) is 67.7 Å². The van der Waals surface area contributed by atoms with Crippen molar-refractivity contribution in [3.8, 4) is 56.4 Å². The Morgan fingerprint density at radius 1 is 0.233 bits per heavy atom. The zero-order valence-electron chi connectivity index (χ0n) is 39.6. The molecule has 0 saturated heterocycles. The predicted molar refractivity (Wildman–Crippen MR) is 296 cm³/mol. The zero-order chi connectivity index (χ0) is 47.8. The van der Waals surface area contributed by atoms with Crippen LogP contribution in [0.25, 0.3) is 54.9 Å². The van der Waals surface area contributed by atoms with Crippen LogP contribution in [0.2, 0.25) is 0 Å². The van der Waals surface area contributed by atoms with Gasteiger partial charge in [-0.15, -0.1) is 0 Å². The molecule has 0 aromatic heterocycles. The van der Waals surface area contributed by atoms with Gasteiger partial charge in [0.15, 0.2) is 0 Å². The fourth-order valence-corrected chi connectivity index (χ4v) is 13.3. The summed E-state index contributed by atoms with van der Waals surface area (Å²) in [5.41, 5.74) is 19.0. The van der Waals surface area contributed by atoms with E-state index < -0.39 is 10.8 Å². The average molecular weight is 930 g/mol. The maximum Gasteiger partial charge on any atom is 0.132 e. The summed E-state index contributed by atoms with van der Waals surface area (Å²) >= 11 is 0. The minimum atomic E-state index is -0.614. The van der Waals surface area contributed by atoms with Crippen molar-refractivity contribution in [2.75, 3.05) is 4.90 Å². The summed E-state index contributed by atoms with van der Waals surface area (Å²) in [6, 6.07) is 95.9. The lowest BCUT2D eigenvalue weighted by Gasteiger charge is -2.39. The minimum Gasteiger partial charge on any atom is -0.457 e. The van der Waals surface area contributed by atoms with Gasteiger partial charge < -0.3 is 14.4 Å². The van der Waals surface area contributed by atoms with Crippen molar-refractivity contribution >= 4 is 38.6 Å². The Balaban J connectivity index is 0.945. The van der Waals surface area contributed by atoms with Crippen LogP contribution in [0, 0.1) is 0 Å². The molecular formula is C70H43NO2. The van der Waals surface area contributed by atoms with Crippen molar-refractivity contribution in [2.24, 2.45) is 0 Å². The molecule has 0 fully saturated rings. The Kier molecular flexibility index (Phi) is 8.30. The van der Waals surface area contributed by atoms with E-state index in [1.807, 2.05) is 0 Å². The zero-order valence-corrected chi connectivity index (χ0v) is 39.6. The first-order valence-electron chi connectivity index (χ1n) is 25.2. The molecule has 4 aliphatic rings. The molecule has 2 aliphatic carbocycles. The smallest absolute Gasteiger partial charge is 0.132 e. The lowest BCUT2D eigenvalue weighted by molar-refractivity contribution is 0.436. The lowest BCUT2D eigenvalue weighted by atomic mass is 9.66. The number of anilines is 3. The first-order chi connectivity index (χ1) is 36.2. The Labute approximate surface area is 423 Å². The molecule has 340 valence electrons. The highest BCUT2D eigenvalue weighted by Crippen LogP contribution is 2.65. The number of hydrogen-bond acceptors (Lipinski definition) is 3. The molecule has 0 bridgehead atoms. The van der Waals surface area contributed by atoms with Crippen LogP contribution in [-0.2, 0) is 10.8 Å². The van der Waals surface area contributed by atoms with Crippen LogP contribution in [0.5, 0.6) is 23.0 Å².